The van der Waals surface area contributed by atoms with E-state index in [4.69, 9.17) is 31.5 Å². The van der Waals surface area contributed by atoms with Crippen molar-refractivity contribution < 1.29 is 81.4 Å². The predicted molar refractivity (Wildman–Crippen MR) is 3.25 cm³/mol. The SMILES string of the molecule is [Cr+3].[Cr+3].[O-]O[O-].[O-]O[O-].[O-]O[O-]. The molecule has 2 radical (unpaired) electrons. The summed E-state index contributed by atoms with van der Waals surface area (Å²) >= 11 is 0. The zero-order valence-electron chi connectivity index (χ0n) is 4.49. The summed E-state index contributed by atoms with van der Waals surface area (Å²) in [5, 5.41) is 52.5. The molecule has 11 heavy (non-hydrogen) atoms. The van der Waals surface area contributed by atoms with Crippen LogP contribution in [0.1, 0.15) is 0 Å². The van der Waals surface area contributed by atoms with Crippen molar-refractivity contribution in [2.75, 3.05) is 0 Å². The van der Waals surface area contributed by atoms with Crippen molar-refractivity contribution in [1.29, 1.82) is 0 Å². The van der Waals surface area contributed by atoms with E-state index in [9.17, 15) is 0 Å². The smallest absolute Gasteiger partial charge is 0.734 e. The number of hydrogen-bond acceptors (Lipinski definition) is 9. The molecule has 0 N–H and O–H groups in total. The van der Waals surface area contributed by atoms with Crippen LogP contribution in [0.4, 0.5) is 0 Å². The van der Waals surface area contributed by atoms with Gasteiger partial charge in [-0.1, -0.05) is 0 Å². The van der Waals surface area contributed by atoms with Crippen molar-refractivity contribution in [2.24, 2.45) is 0 Å². The molecule has 9 nitrogen and oxygen atoms in total. The van der Waals surface area contributed by atoms with Gasteiger partial charge in [0.2, 0.25) is 0 Å². The van der Waals surface area contributed by atoms with Gasteiger partial charge < -0.3 is 46.7 Å². The van der Waals surface area contributed by atoms with Gasteiger partial charge >= 0.3 is 34.7 Å². The van der Waals surface area contributed by atoms with Gasteiger partial charge in [-0.15, -0.1) is 0 Å². The summed E-state index contributed by atoms with van der Waals surface area (Å²) in [7, 11) is 0. The maximum atomic E-state index is 7.88. The van der Waals surface area contributed by atoms with E-state index in [1.54, 1.807) is 15.1 Å². The molecule has 0 saturated carbocycles. The fraction of sp³-hybridized carbons (Fsp3) is 0. The monoisotopic (exact) mass is 248 g/mol. The summed E-state index contributed by atoms with van der Waals surface area (Å²) in [4.78, 5) is 0. The Morgan fingerprint density at radius 1 is 0.455 bits per heavy atom. The van der Waals surface area contributed by atoms with Crippen molar-refractivity contribution in [3.05, 3.63) is 0 Å². The molecule has 0 aliphatic carbocycles. The molecular weight excluding hydrogens is 248 g/mol. The molecule has 0 aliphatic heterocycles. The summed E-state index contributed by atoms with van der Waals surface area (Å²) in [6.45, 7) is 0. The van der Waals surface area contributed by atoms with Gasteiger partial charge in [0.1, 0.15) is 0 Å². The molecule has 0 saturated heterocycles. The number of hydrogen-bond donors (Lipinski definition) is 0. The maximum Gasteiger partial charge on any atom is 3.00 e. The van der Waals surface area contributed by atoms with E-state index in [1.807, 2.05) is 0 Å². The Labute approximate surface area is 81.8 Å². The Morgan fingerprint density at radius 2 is 0.455 bits per heavy atom. The largest absolute Gasteiger partial charge is 3.00 e. The molecule has 0 spiro atoms. The quantitative estimate of drug-likeness (QED) is 0.298. The fourth-order valence-corrected chi connectivity index (χ4v) is 0. The van der Waals surface area contributed by atoms with Crippen LogP contribution in [0.15, 0.2) is 0 Å². The average Bonchev–Trinajstić information content (AvgIpc) is 1.70. The van der Waals surface area contributed by atoms with Gasteiger partial charge in [-0.05, 0) is 0 Å². The minimum atomic E-state index is 0. The maximum absolute atomic E-state index is 7.88. The zero-order chi connectivity index (χ0) is 8.12. The molecule has 0 aromatic heterocycles. The van der Waals surface area contributed by atoms with Crippen LogP contribution in [0.5, 0.6) is 0 Å². The Kier molecular flexibility index (Phi) is 199. The van der Waals surface area contributed by atoms with Gasteiger partial charge in [0.05, 0.1) is 0 Å². The van der Waals surface area contributed by atoms with Gasteiger partial charge in [-0.3, -0.25) is 0 Å². The molecule has 0 atom stereocenters. The second-order valence-corrected chi connectivity index (χ2v) is 0.204. The van der Waals surface area contributed by atoms with Crippen LogP contribution < -0.4 is 31.5 Å². The Balaban J connectivity index is -0.0000000150. The van der Waals surface area contributed by atoms with Crippen molar-refractivity contribution in [1.82, 2.24) is 0 Å². The van der Waals surface area contributed by atoms with E-state index in [0.29, 0.717) is 0 Å². The first-order valence-electron chi connectivity index (χ1n) is 1.00. The molecular formula is Cr2O9. The number of rotatable bonds is 0. The normalized spacial score (nSPS) is 4.91. The first-order chi connectivity index (χ1) is 4.24. The average molecular weight is 248 g/mol. The summed E-state index contributed by atoms with van der Waals surface area (Å²) in [6.07, 6.45) is 0. The third kappa shape index (κ3) is 1630. The fourth-order valence-electron chi connectivity index (χ4n) is 0. The molecule has 0 aromatic carbocycles. The molecule has 0 bridgehead atoms. The topological polar surface area (TPSA) is 166 Å². The Hall–Kier alpha value is 0.705. The second kappa shape index (κ2) is 73.5. The zero-order valence-corrected chi connectivity index (χ0v) is 7.04. The molecule has 0 heterocycles. The van der Waals surface area contributed by atoms with Gasteiger partial charge in [-0.25, -0.2) is 0 Å². The van der Waals surface area contributed by atoms with E-state index in [1.165, 1.54) is 0 Å². The molecule has 0 rings (SSSR count). The minimum Gasteiger partial charge on any atom is -0.734 e. The van der Waals surface area contributed by atoms with Crippen molar-refractivity contribution >= 4 is 0 Å². The van der Waals surface area contributed by atoms with Crippen LogP contribution in [-0.2, 0) is 49.8 Å². The predicted octanol–water partition coefficient (Wildman–Crippen LogP) is -7.34. The molecule has 0 aromatic rings. The van der Waals surface area contributed by atoms with Crippen LogP contribution in [-0.4, -0.2) is 0 Å². The van der Waals surface area contributed by atoms with Gasteiger partial charge in [0, 0.05) is 0 Å². The molecule has 11 heteroatoms. The van der Waals surface area contributed by atoms with Crippen molar-refractivity contribution in [2.45, 2.75) is 0 Å². The van der Waals surface area contributed by atoms with Gasteiger partial charge in [0.25, 0.3) is 0 Å². The standard InChI is InChI=1S/2Cr.3H2O3/c;;3*1-3-2/h;;3*1-2H/q2*+3;;;/p-6. The minimum absolute atomic E-state index is 0. The molecule has 66 valence electrons. The van der Waals surface area contributed by atoms with Gasteiger partial charge in [-0.2, -0.15) is 0 Å². The van der Waals surface area contributed by atoms with Crippen LogP contribution in [0, 0.1) is 0 Å². The van der Waals surface area contributed by atoms with E-state index in [2.05, 4.69) is 0 Å². The van der Waals surface area contributed by atoms with E-state index in [-0.39, 0.29) is 34.7 Å². The van der Waals surface area contributed by atoms with Crippen molar-refractivity contribution in [3.8, 4) is 0 Å². The third-order valence-corrected chi connectivity index (χ3v) is 0. The van der Waals surface area contributed by atoms with Crippen LogP contribution in [0.25, 0.3) is 0 Å². The van der Waals surface area contributed by atoms with Gasteiger partial charge in [0.15, 0.2) is 0 Å². The first-order valence-corrected chi connectivity index (χ1v) is 1.00. The summed E-state index contributed by atoms with van der Waals surface area (Å²) in [6, 6.07) is 0. The molecule has 0 amide bonds. The van der Waals surface area contributed by atoms with Crippen LogP contribution in [0.2, 0.25) is 0 Å². The second-order valence-electron chi connectivity index (χ2n) is 0.204. The van der Waals surface area contributed by atoms with E-state index in [0.717, 1.165) is 0 Å². The Bertz CT molecular complexity index is 12.3. The Morgan fingerprint density at radius 3 is 0.455 bits per heavy atom. The molecule has 0 unspecified atom stereocenters. The first kappa shape index (κ1) is 29.8. The van der Waals surface area contributed by atoms with E-state index >= 15 is 0 Å². The molecule has 0 aliphatic rings. The third-order valence-electron chi connectivity index (χ3n) is 0. The van der Waals surface area contributed by atoms with Crippen LogP contribution in [0.3, 0.4) is 0 Å². The summed E-state index contributed by atoms with van der Waals surface area (Å²) in [5.41, 5.74) is 0. The molecule has 0 fully saturated rings. The van der Waals surface area contributed by atoms with E-state index < -0.39 is 0 Å². The van der Waals surface area contributed by atoms with Crippen LogP contribution >= 0.6 is 0 Å². The van der Waals surface area contributed by atoms with Crippen molar-refractivity contribution in [3.63, 3.8) is 0 Å². The summed E-state index contributed by atoms with van der Waals surface area (Å²) in [5.74, 6) is 0. The summed E-state index contributed by atoms with van der Waals surface area (Å²) < 4.78 is 0.